The summed E-state index contributed by atoms with van der Waals surface area (Å²) < 4.78 is 25.2. The van der Waals surface area contributed by atoms with Gasteiger partial charge in [-0.2, -0.15) is 0 Å². The molecule has 2 N–H and O–H groups in total. The number of H-pyrrole nitrogens is 1. The van der Waals surface area contributed by atoms with Crippen LogP contribution in [0.5, 0.6) is 0 Å². The zero-order valence-corrected chi connectivity index (χ0v) is 10.0. The van der Waals surface area contributed by atoms with Gasteiger partial charge in [-0.3, -0.25) is 0 Å². The molecule has 9 heteroatoms. The van der Waals surface area contributed by atoms with Crippen molar-refractivity contribution >= 4 is 33.7 Å². The summed E-state index contributed by atoms with van der Waals surface area (Å²) in [5.74, 6) is -0.847. The maximum atomic E-state index is 10.8. The molecule has 0 aromatic carbocycles. The molecule has 96 valence electrons. The van der Waals surface area contributed by atoms with Crippen LogP contribution in [0.3, 0.4) is 0 Å². The number of aromatic amines is 1. The molecular weight excluding hydrogens is 262 g/mol. The van der Waals surface area contributed by atoms with Gasteiger partial charge in [-0.25, -0.2) is 23.3 Å². The van der Waals surface area contributed by atoms with Crippen LogP contribution < -0.4 is 5.06 Å². The summed E-state index contributed by atoms with van der Waals surface area (Å²) in [5.41, 5.74) is 0.552. The van der Waals surface area contributed by atoms with Crippen molar-refractivity contribution in [2.24, 2.45) is 0 Å². The minimum atomic E-state index is -3.03. The van der Waals surface area contributed by atoms with Gasteiger partial charge in [0, 0.05) is 24.7 Å². The standard InChI is InChI=1S/C9H9N3O5S/c1-12(17-18(15)16)8-3-6-5(4-10-8)2-7(11-6)9(13)14/h2-4,11,18H,1H3,(H,13,14). The zero-order valence-electron chi connectivity index (χ0n) is 9.15. The van der Waals surface area contributed by atoms with Crippen molar-refractivity contribution in [3.05, 3.63) is 24.0 Å². The number of fused-ring (bicyclic) bond motifs is 1. The molecule has 0 radical (unpaired) electrons. The summed E-state index contributed by atoms with van der Waals surface area (Å²) in [6.45, 7) is 0. The Labute approximate surface area is 103 Å². The first-order chi connectivity index (χ1) is 8.47. The highest BCUT2D eigenvalue weighted by Crippen LogP contribution is 2.19. The van der Waals surface area contributed by atoms with Gasteiger partial charge in [0.15, 0.2) is 5.82 Å². The molecule has 8 nitrogen and oxygen atoms in total. The number of carboxylic acid groups (broad SMARTS) is 1. The topological polar surface area (TPSA) is 113 Å². The Morgan fingerprint density at radius 3 is 2.83 bits per heavy atom. The first-order valence-corrected chi connectivity index (χ1v) is 5.85. The Morgan fingerprint density at radius 2 is 2.22 bits per heavy atom. The predicted molar refractivity (Wildman–Crippen MR) is 62.9 cm³/mol. The molecule has 0 saturated heterocycles. The van der Waals surface area contributed by atoms with Gasteiger partial charge in [0.1, 0.15) is 5.69 Å². The smallest absolute Gasteiger partial charge is 0.352 e. The van der Waals surface area contributed by atoms with Crippen LogP contribution in [0.15, 0.2) is 18.3 Å². The summed E-state index contributed by atoms with van der Waals surface area (Å²) in [6, 6.07) is 2.92. The number of carbonyl (C=O) groups is 1. The van der Waals surface area contributed by atoms with Crippen LogP contribution >= 0.6 is 0 Å². The minimum absolute atomic E-state index is 0.0300. The molecule has 0 fully saturated rings. The van der Waals surface area contributed by atoms with E-state index in [0.717, 1.165) is 5.06 Å². The zero-order chi connectivity index (χ0) is 13.3. The van der Waals surface area contributed by atoms with E-state index in [1.165, 1.54) is 25.4 Å². The fourth-order valence-corrected chi connectivity index (χ4v) is 1.73. The minimum Gasteiger partial charge on any atom is -0.477 e. The molecule has 0 aliphatic heterocycles. The molecule has 18 heavy (non-hydrogen) atoms. The Kier molecular flexibility index (Phi) is 3.17. The van der Waals surface area contributed by atoms with E-state index in [0.29, 0.717) is 10.9 Å². The molecule has 0 unspecified atom stereocenters. The lowest BCUT2D eigenvalue weighted by Gasteiger charge is -2.12. The lowest BCUT2D eigenvalue weighted by Crippen LogP contribution is -2.17. The summed E-state index contributed by atoms with van der Waals surface area (Å²) in [5, 5.41) is 10.4. The molecule has 2 aromatic rings. The van der Waals surface area contributed by atoms with E-state index < -0.39 is 17.0 Å². The van der Waals surface area contributed by atoms with Crippen molar-refractivity contribution in [3.8, 4) is 0 Å². The van der Waals surface area contributed by atoms with Gasteiger partial charge in [-0.15, -0.1) is 4.28 Å². The van der Waals surface area contributed by atoms with Crippen LogP contribution in [0.4, 0.5) is 5.82 Å². The van der Waals surface area contributed by atoms with Crippen molar-refractivity contribution in [3.63, 3.8) is 0 Å². The number of aromatic carboxylic acids is 1. The fraction of sp³-hybridized carbons (Fsp3) is 0.111. The number of anilines is 1. The third-order valence-electron chi connectivity index (χ3n) is 2.23. The fourth-order valence-electron chi connectivity index (χ4n) is 1.44. The highest BCUT2D eigenvalue weighted by molar-refractivity contribution is 7.67. The second-order valence-electron chi connectivity index (χ2n) is 3.42. The van der Waals surface area contributed by atoms with Crippen molar-refractivity contribution in [2.75, 3.05) is 12.1 Å². The third-order valence-corrected chi connectivity index (χ3v) is 2.61. The van der Waals surface area contributed by atoms with Gasteiger partial charge in [0.05, 0.1) is 5.52 Å². The molecular formula is C9H9N3O5S. The molecule has 2 aromatic heterocycles. The van der Waals surface area contributed by atoms with Gasteiger partial charge in [0.25, 0.3) is 11.0 Å². The summed E-state index contributed by atoms with van der Waals surface area (Å²) >= 11 is 0. The summed E-state index contributed by atoms with van der Waals surface area (Å²) in [4.78, 5) is 17.4. The molecule has 0 spiro atoms. The number of nitrogens with one attached hydrogen (secondary N) is 1. The number of carboxylic acids is 1. The number of pyridine rings is 1. The van der Waals surface area contributed by atoms with Crippen molar-refractivity contribution in [1.82, 2.24) is 9.97 Å². The first kappa shape index (κ1) is 12.3. The van der Waals surface area contributed by atoms with E-state index in [-0.39, 0.29) is 11.5 Å². The van der Waals surface area contributed by atoms with Crippen LogP contribution in [0.25, 0.3) is 10.9 Å². The number of hydroxylamine groups is 1. The van der Waals surface area contributed by atoms with Crippen molar-refractivity contribution < 1.29 is 22.6 Å². The lowest BCUT2D eigenvalue weighted by molar-refractivity contribution is 0.0691. The number of thiol groups is 1. The van der Waals surface area contributed by atoms with E-state index in [1.54, 1.807) is 0 Å². The van der Waals surface area contributed by atoms with Gasteiger partial charge in [-0.1, -0.05) is 0 Å². The molecule has 0 aliphatic rings. The maximum absolute atomic E-state index is 10.8. The number of hydrogen-bond donors (Lipinski definition) is 3. The van der Waals surface area contributed by atoms with Gasteiger partial charge in [-0.05, 0) is 6.07 Å². The molecule has 0 atom stereocenters. The van der Waals surface area contributed by atoms with Crippen LogP contribution in [0, 0.1) is 0 Å². The Hall–Kier alpha value is -2.13. The Morgan fingerprint density at radius 1 is 1.50 bits per heavy atom. The quantitative estimate of drug-likeness (QED) is 0.536. The second kappa shape index (κ2) is 4.63. The van der Waals surface area contributed by atoms with E-state index >= 15 is 0 Å². The monoisotopic (exact) mass is 271 g/mol. The first-order valence-electron chi connectivity index (χ1n) is 4.75. The molecule has 0 aliphatic carbocycles. The molecule has 0 saturated carbocycles. The molecule has 2 heterocycles. The number of nitrogens with zero attached hydrogens (tertiary/aromatic N) is 2. The Balaban J connectivity index is 2.40. The van der Waals surface area contributed by atoms with Crippen LogP contribution in [-0.2, 0) is 15.3 Å². The summed E-state index contributed by atoms with van der Waals surface area (Å²) in [7, 11) is -1.65. The van der Waals surface area contributed by atoms with Crippen LogP contribution in [0.2, 0.25) is 0 Å². The molecule has 0 bridgehead atoms. The predicted octanol–water partition coefficient (Wildman–Crippen LogP) is 0.155. The molecule has 0 amide bonds. The normalized spacial score (nSPS) is 11.0. The average Bonchev–Trinajstić information content (AvgIpc) is 2.70. The van der Waals surface area contributed by atoms with Crippen molar-refractivity contribution in [1.29, 1.82) is 0 Å². The summed E-state index contributed by atoms with van der Waals surface area (Å²) in [6.07, 6.45) is 1.42. The SMILES string of the molecule is CN(O[SH](=O)=O)c1cc2[nH]c(C(=O)O)cc2cn1. The third kappa shape index (κ3) is 2.41. The van der Waals surface area contributed by atoms with E-state index in [2.05, 4.69) is 14.3 Å². The number of rotatable bonds is 4. The highest BCUT2D eigenvalue weighted by atomic mass is 32.2. The average molecular weight is 271 g/mol. The van der Waals surface area contributed by atoms with Crippen LogP contribution in [0.1, 0.15) is 10.5 Å². The van der Waals surface area contributed by atoms with E-state index in [1.807, 2.05) is 0 Å². The second-order valence-corrected chi connectivity index (χ2v) is 4.03. The van der Waals surface area contributed by atoms with E-state index in [4.69, 9.17) is 5.11 Å². The number of aromatic nitrogens is 2. The Bertz CT molecular complexity index is 670. The largest absolute Gasteiger partial charge is 0.477 e. The molecule has 2 rings (SSSR count). The van der Waals surface area contributed by atoms with Gasteiger partial charge in [0.2, 0.25) is 0 Å². The van der Waals surface area contributed by atoms with Gasteiger partial charge < -0.3 is 10.1 Å². The van der Waals surface area contributed by atoms with Crippen LogP contribution in [-0.4, -0.2) is 36.5 Å². The number of hydrogen-bond acceptors (Lipinski definition) is 6. The van der Waals surface area contributed by atoms with Crippen molar-refractivity contribution in [2.45, 2.75) is 0 Å². The maximum Gasteiger partial charge on any atom is 0.352 e. The van der Waals surface area contributed by atoms with E-state index in [9.17, 15) is 13.2 Å². The lowest BCUT2D eigenvalue weighted by atomic mass is 10.3. The highest BCUT2D eigenvalue weighted by Gasteiger charge is 2.10. The van der Waals surface area contributed by atoms with Gasteiger partial charge >= 0.3 is 5.97 Å².